The number of carbonyl (C=O) groups is 3. The fourth-order valence-electron chi connectivity index (χ4n) is 2.17. The van der Waals surface area contributed by atoms with Crippen molar-refractivity contribution in [1.82, 2.24) is 4.90 Å². The van der Waals surface area contributed by atoms with E-state index in [0.29, 0.717) is 11.1 Å². The van der Waals surface area contributed by atoms with E-state index >= 15 is 0 Å². The van der Waals surface area contributed by atoms with Crippen molar-refractivity contribution in [3.8, 4) is 0 Å². The highest BCUT2D eigenvalue weighted by atomic mass is 16.6. The largest absolute Gasteiger partial charge is 0.436 e. The molecule has 0 saturated carbocycles. The first-order valence-corrected chi connectivity index (χ1v) is 7.32. The first kappa shape index (κ1) is 16.2. The van der Waals surface area contributed by atoms with Gasteiger partial charge in [-0.2, -0.15) is 0 Å². The second-order valence-electron chi connectivity index (χ2n) is 6.76. The highest BCUT2D eigenvalue weighted by Gasteiger charge is 2.44. The van der Waals surface area contributed by atoms with Gasteiger partial charge in [-0.15, -0.1) is 0 Å². The molecule has 118 valence electrons. The topological polar surface area (TPSA) is 63.7 Å². The summed E-state index contributed by atoms with van der Waals surface area (Å²) in [5, 5.41) is 0. The Morgan fingerprint density at radius 1 is 1.18 bits per heavy atom. The number of hydrogen-bond donors (Lipinski definition) is 0. The summed E-state index contributed by atoms with van der Waals surface area (Å²) in [6, 6.07) is 6.83. The number of fused-ring (bicyclic) bond motifs is 1. The van der Waals surface area contributed by atoms with Crippen LogP contribution >= 0.6 is 0 Å². The quantitative estimate of drug-likeness (QED) is 0.788. The van der Waals surface area contributed by atoms with Gasteiger partial charge in [0.25, 0.3) is 5.91 Å². The lowest BCUT2D eigenvalue weighted by Gasteiger charge is -2.27. The van der Waals surface area contributed by atoms with Gasteiger partial charge in [0.1, 0.15) is 0 Å². The van der Waals surface area contributed by atoms with Crippen molar-refractivity contribution >= 4 is 17.8 Å². The van der Waals surface area contributed by atoms with Crippen LogP contribution in [0.25, 0.3) is 0 Å². The van der Waals surface area contributed by atoms with E-state index in [-0.39, 0.29) is 11.8 Å². The van der Waals surface area contributed by atoms with Crippen LogP contribution in [-0.2, 0) is 14.3 Å². The molecule has 1 aromatic carbocycles. The van der Waals surface area contributed by atoms with Crippen molar-refractivity contribution < 1.29 is 19.1 Å². The van der Waals surface area contributed by atoms with Gasteiger partial charge in [0, 0.05) is 17.0 Å². The summed E-state index contributed by atoms with van der Waals surface area (Å²) in [6.45, 7) is 8.61. The fraction of sp³-hybridized carbons (Fsp3) is 0.471. The Hall–Kier alpha value is -2.17. The first-order chi connectivity index (χ1) is 10.1. The van der Waals surface area contributed by atoms with E-state index in [0.717, 1.165) is 4.90 Å². The molecular weight excluding hydrogens is 282 g/mol. The summed E-state index contributed by atoms with van der Waals surface area (Å²) in [5.74, 6) is -1.59. The lowest BCUT2D eigenvalue weighted by molar-refractivity contribution is -0.169. The highest BCUT2D eigenvalue weighted by Crippen LogP contribution is 2.36. The van der Waals surface area contributed by atoms with Crippen LogP contribution in [0.15, 0.2) is 24.3 Å². The van der Waals surface area contributed by atoms with Crippen molar-refractivity contribution in [3.63, 3.8) is 0 Å². The minimum atomic E-state index is -0.981. The molecule has 0 aliphatic carbocycles. The summed E-state index contributed by atoms with van der Waals surface area (Å²) < 4.78 is 5.50. The van der Waals surface area contributed by atoms with Crippen LogP contribution in [0, 0.1) is 11.3 Å². The number of ether oxygens (including phenoxy) is 1. The van der Waals surface area contributed by atoms with E-state index in [4.69, 9.17) is 4.74 Å². The van der Waals surface area contributed by atoms with Crippen LogP contribution < -0.4 is 0 Å². The zero-order chi connectivity index (χ0) is 16.7. The van der Waals surface area contributed by atoms with E-state index in [9.17, 15) is 14.4 Å². The molecule has 1 aliphatic heterocycles. The van der Waals surface area contributed by atoms with Gasteiger partial charge in [-0.25, -0.2) is 4.90 Å². The standard InChI is InChI=1S/C17H21NO4/c1-10(2)13(19)18-14(20)11-8-6-7-9-12(11)15(18)22-16(21)17(3,4)5/h6-10,15H,1-5H3/t15-/m1/s1. The fourth-order valence-corrected chi connectivity index (χ4v) is 2.17. The smallest absolute Gasteiger partial charge is 0.313 e. The number of carbonyl (C=O) groups excluding carboxylic acids is 3. The van der Waals surface area contributed by atoms with Crippen LogP contribution in [0.1, 0.15) is 56.8 Å². The lowest BCUT2D eigenvalue weighted by Crippen LogP contribution is -2.40. The van der Waals surface area contributed by atoms with Gasteiger partial charge in [0.2, 0.25) is 12.1 Å². The maximum absolute atomic E-state index is 12.5. The van der Waals surface area contributed by atoms with Gasteiger partial charge in [0.05, 0.1) is 5.41 Å². The second kappa shape index (κ2) is 5.55. The molecule has 1 heterocycles. The molecule has 0 aromatic heterocycles. The number of rotatable bonds is 2. The molecule has 2 rings (SSSR count). The van der Waals surface area contributed by atoms with E-state index in [1.165, 1.54) is 0 Å². The Labute approximate surface area is 130 Å². The average Bonchev–Trinajstić information content (AvgIpc) is 2.70. The third-order valence-corrected chi connectivity index (χ3v) is 3.47. The zero-order valence-corrected chi connectivity index (χ0v) is 13.5. The molecule has 0 unspecified atom stereocenters. The van der Waals surface area contributed by atoms with Gasteiger partial charge in [-0.1, -0.05) is 32.0 Å². The van der Waals surface area contributed by atoms with Crippen molar-refractivity contribution in [1.29, 1.82) is 0 Å². The van der Waals surface area contributed by atoms with Crippen LogP contribution in [0.4, 0.5) is 0 Å². The Kier molecular flexibility index (Phi) is 4.09. The predicted octanol–water partition coefficient (Wildman–Crippen LogP) is 2.91. The SMILES string of the molecule is CC(C)C(=O)N1C(=O)c2ccccc2[C@H]1OC(=O)C(C)(C)C. The number of esters is 1. The van der Waals surface area contributed by atoms with Crippen LogP contribution in [0.3, 0.4) is 0 Å². The summed E-state index contributed by atoms with van der Waals surface area (Å²) in [4.78, 5) is 38.1. The highest BCUT2D eigenvalue weighted by molar-refractivity contribution is 6.09. The number of imide groups is 1. The zero-order valence-electron chi connectivity index (χ0n) is 13.5. The molecule has 22 heavy (non-hydrogen) atoms. The molecular formula is C17H21NO4. The third kappa shape index (κ3) is 2.75. The first-order valence-electron chi connectivity index (χ1n) is 7.32. The molecule has 1 atom stereocenters. The molecule has 0 saturated heterocycles. The molecule has 0 bridgehead atoms. The van der Waals surface area contributed by atoms with Gasteiger partial charge >= 0.3 is 5.97 Å². The number of benzene rings is 1. The van der Waals surface area contributed by atoms with Crippen molar-refractivity contribution in [2.24, 2.45) is 11.3 Å². The van der Waals surface area contributed by atoms with E-state index in [2.05, 4.69) is 0 Å². The second-order valence-corrected chi connectivity index (χ2v) is 6.76. The molecule has 5 nitrogen and oxygen atoms in total. The number of hydrogen-bond acceptors (Lipinski definition) is 4. The van der Waals surface area contributed by atoms with Gasteiger partial charge < -0.3 is 4.74 Å². The van der Waals surface area contributed by atoms with Crippen molar-refractivity contribution in [3.05, 3.63) is 35.4 Å². The van der Waals surface area contributed by atoms with Gasteiger partial charge in [0.15, 0.2) is 0 Å². The summed E-state index contributed by atoms with van der Waals surface area (Å²) in [6.07, 6.45) is -0.981. The Morgan fingerprint density at radius 3 is 2.32 bits per heavy atom. The Morgan fingerprint density at radius 2 is 1.77 bits per heavy atom. The number of amides is 2. The van der Waals surface area contributed by atoms with E-state index < -0.39 is 23.5 Å². The lowest BCUT2D eigenvalue weighted by atomic mass is 9.97. The Bertz CT molecular complexity index is 628. The molecule has 0 radical (unpaired) electrons. The van der Waals surface area contributed by atoms with Gasteiger partial charge in [-0.3, -0.25) is 14.4 Å². The molecule has 1 aromatic rings. The maximum Gasteiger partial charge on any atom is 0.313 e. The van der Waals surface area contributed by atoms with E-state index in [1.807, 2.05) is 0 Å². The normalized spacial score (nSPS) is 17.6. The molecule has 0 N–H and O–H groups in total. The van der Waals surface area contributed by atoms with Crippen LogP contribution in [0.2, 0.25) is 0 Å². The summed E-state index contributed by atoms with van der Waals surface area (Å²) in [7, 11) is 0. The molecule has 5 heteroatoms. The summed E-state index contributed by atoms with van der Waals surface area (Å²) in [5.41, 5.74) is 0.245. The molecule has 1 aliphatic rings. The third-order valence-electron chi connectivity index (χ3n) is 3.47. The summed E-state index contributed by atoms with van der Waals surface area (Å²) >= 11 is 0. The minimum absolute atomic E-state index is 0.354. The minimum Gasteiger partial charge on any atom is -0.436 e. The van der Waals surface area contributed by atoms with Crippen LogP contribution in [-0.4, -0.2) is 22.7 Å². The molecule has 0 fully saturated rings. The molecule has 2 amide bonds. The van der Waals surface area contributed by atoms with E-state index in [1.54, 1.807) is 58.9 Å². The van der Waals surface area contributed by atoms with Crippen molar-refractivity contribution in [2.75, 3.05) is 0 Å². The van der Waals surface area contributed by atoms with Gasteiger partial charge in [-0.05, 0) is 26.8 Å². The van der Waals surface area contributed by atoms with Crippen molar-refractivity contribution in [2.45, 2.75) is 40.8 Å². The average molecular weight is 303 g/mol. The Balaban J connectivity index is 2.43. The number of nitrogens with zero attached hydrogens (tertiary/aromatic N) is 1. The predicted molar refractivity (Wildman–Crippen MR) is 80.7 cm³/mol. The molecule has 0 spiro atoms. The maximum atomic E-state index is 12.5. The monoisotopic (exact) mass is 303 g/mol. The van der Waals surface area contributed by atoms with Crippen LogP contribution in [0.5, 0.6) is 0 Å².